The van der Waals surface area contributed by atoms with Crippen LogP contribution in [0.1, 0.15) is 19.4 Å². The monoisotopic (exact) mass is 274 g/mol. The number of rotatable bonds is 2. The minimum Gasteiger partial charge on any atom is -0.295 e. The van der Waals surface area contributed by atoms with Gasteiger partial charge in [-0.3, -0.25) is 4.79 Å². The van der Waals surface area contributed by atoms with Crippen LogP contribution in [0.5, 0.6) is 0 Å². The lowest BCUT2D eigenvalue weighted by molar-refractivity contribution is -0.112. The molecule has 4 heteroatoms. The lowest BCUT2D eigenvalue weighted by atomic mass is 10.1. The van der Waals surface area contributed by atoms with Crippen LogP contribution in [0.4, 0.5) is 8.78 Å². The second-order valence-corrected chi connectivity index (χ2v) is 4.10. The summed E-state index contributed by atoms with van der Waals surface area (Å²) in [5, 5.41) is 0. The Morgan fingerprint density at radius 2 is 1.73 bits per heavy atom. The van der Waals surface area contributed by atoms with Gasteiger partial charge in [0, 0.05) is 10.0 Å². The first-order valence-electron chi connectivity index (χ1n) is 4.25. The molecule has 0 aliphatic heterocycles. The van der Waals surface area contributed by atoms with E-state index in [1.165, 1.54) is 19.9 Å². The predicted molar refractivity (Wildman–Crippen MR) is 58.4 cm³/mol. The standard InChI is InChI=1S/C11H9BrF2O/c1-6(3-7(2)15)11-9(13)4-8(12)5-10(11)14/h3-5H,1-2H3/b6-3+. The van der Waals surface area contributed by atoms with Crippen molar-refractivity contribution in [1.82, 2.24) is 0 Å². The fourth-order valence-corrected chi connectivity index (χ4v) is 1.70. The molecule has 0 fully saturated rings. The number of hydrogen-bond acceptors (Lipinski definition) is 1. The van der Waals surface area contributed by atoms with E-state index in [1.807, 2.05) is 0 Å². The highest BCUT2D eigenvalue weighted by atomic mass is 79.9. The summed E-state index contributed by atoms with van der Waals surface area (Å²) in [6.45, 7) is 2.83. The molecule has 0 radical (unpaired) electrons. The maximum absolute atomic E-state index is 13.4. The van der Waals surface area contributed by atoms with Gasteiger partial charge in [0.05, 0.1) is 0 Å². The number of carbonyl (C=O) groups excluding carboxylic acids is 1. The zero-order valence-electron chi connectivity index (χ0n) is 8.27. The third-order valence-electron chi connectivity index (χ3n) is 1.82. The molecule has 15 heavy (non-hydrogen) atoms. The molecule has 80 valence electrons. The van der Waals surface area contributed by atoms with Gasteiger partial charge in [0.1, 0.15) is 11.6 Å². The van der Waals surface area contributed by atoms with Crippen LogP contribution in [-0.2, 0) is 4.79 Å². The third-order valence-corrected chi connectivity index (χ3v) is 2.28. The summed E-state index contributed by atoms with van der Waals surface area (Å²) >= 11 is 2.98. The van der Waals surface area contributed by atoms with Crippen LogP contribution in [0.25, 0.3) is 5.57 Å². The molecule has 0 amide bonds. The van der Waals surface area contributed by atoms with Gasteiger partial charge >= 0.3 is 0 Å². The SMILES string of the molecule is CC(=O)/C=C(\C)c1c(F)cc(Br)cc1F. The number of benzene rings is 1. The van der Waals surface area contributed by atoms with E-state index in [-0.39, 0.29) is 16.9 Å². The van der Waals surface area contributed by atoms with Crippen molar-refractivity contribution in [3.8, 4) is 0 Å². The molecular weight excluding hydrogens is 266 g/mol. The fourth-order valence-electron chi connectivity index (χ4n) is 1.30. The minimum absolute atomic E-state index is 0.159. The average molecular weight is 275 g/mol. The average Bonchev–Trinajstić information content (AvgIpc) is 1.99. The Labute approximate surface area is 94.9 Å². The second-order valence-electron chi connectivity index (χ2n) is 3.18. The smallest absolute Gasteiger partial charge is 0.152 e. The van der Waals surface area contributed by atoms with Gasteiger partial charge in [0.15, 0.2) is 5.78 Å². The Kier molecular flexibility index (Phi) is 3.74. The molecule has 0 N–H and O–H groups in total. The van der Waals surface area contributed by atoms with Crippen LogP contribution < -0.4 is 0 Å². The van der Waals surface area contributed by atoms with Crippen molar-refractivity contribution in [3.05, 3.63) is 39.9 Å². The van der Waals surface area contributed by atoms with Gasteiger partial charge in [-0.1, -0.05) is 15.9 Å². The summed E-state index contributed by atoms with van der Waals surface area (Å²) in [5.74, 6) is -1.61. The highest BCUT2D eigenvalue weighted by Crippen LogP contribution is 2.25. The van der Waals surface area contributed by atoms with Gasteiger partial charge in [0.25, 0.3) is 0 Å². The first kappa shape index (κ1) is 12.0. The molecule has 0 saturated heterocycles. The summed E-state index contributed by atoms with van der Waals surface area (Å²) in [6.07, 6.45) is 1.20. The van der Waals surface area contributed by atoms with Gasteiger partial charge in [-0.05, 0) is 37.6 Å². The zero-order chi connectivity index (χ0) is 11.6. The highest BCUT2D eigenvalue weighted by molar-refractivity contribution is 9.10. The van der Waals surface area contributed by atoms with Crippen LogP contribution in [0.15, 0.2) is 22.7 Å². The van der Waals surface area contributed by atoms with Crippen molar-refractivity contribution in [3.63, 3.8) is 0 Å². The second kappa shape index (κ2) is 4.66. The van der Waals surface area contributed by atoms with Gasteiger partial charge < -0.3 is 0 Å². The molecule has 0 heterocycles. The Morgan fingerprint density at radius 1 is 1.27 bits per heavy atom. The van der Waals surface area contributed by atoms with Crippen LogP contribution in [0, 0.1) is 11.6 Å². The fraction of sp³-hybridized carbons (Fsp3) is 0.182. The first-order chi connectivity index (χ1) is 6.91. The van der Waals surface area contributed by atoms with Gasteiger partial charge in [-0.15, -0.1) is 0 Å². The molecule has 1 rings (SSSR count). The van der Waals surface area contributed by atoms with E-state index < -0.39 is 11.6 Å². The van der Waals surface area contributed by atoms with Gasteiger partial charge in [-0.25, -0.2) is 8.78 Å². The van der Waals surface area contributed by atoms with Crippen molar-refractivity contribution < 1.29 is 13.6 Å². The van der Waals surface area contributed by atoms with Crippen molar-refractivity contribution in [2.75, 3.05) is 0 Å². The lowest BCUT2D eigenvalue weighted by Crippen LogP contribution is -1.95. The number of hydrogen-bond donors (Lipinski definition) is 0. The predicted octanol–water partition coefficient (Wildman–Crippen LogP) is 3.72. The third kappa shape index (κ3) is 2.96. The molecule has 0 saturated carbocycles. The van der Waals surface area contributed by atoms with Crippen molar-refractivity contribution in [1.29, 1.82) is 0 Å². The van der Waals surface area contributed by atoms with Gasteiger partial charge in [-0.2, -0.15) is 0 Å². The number of halogens is 3. The Bertz CT molecular complexity index is 415. The van der Waals surface area contributed by atoms with E-state index in [0.717, 1.165) is 12.1 Å². The molecular formula is C11H9BrF2O. The topological polar surface area (TPSA) is 17.1 Å². The van der Waals surface area contributed by atoms with Crippen molar-refractivity contribution in [2.45, 2.75) is 13.8 Å². The van der Waals surface area contributed by atoms with E-state index in [1.54, 1.807) is 0 Å². The molecule has 0 aliphatic carbocycles. The van der Waals surface area contributed by atoms with Crippen LogP contribution in [0.3, 0.4) is 0 Å². The van der Waals surface area contributed by atoms with E-state index >= 15 is 0 Å². The minimum atomic E-state index is -0.683. The van der Waals surface area contributed by atoms with Crippen LogP contribution >= 0.6 is 15.9 Å². The molecule has 0 unspecified atom stereocenters. The normalized spacial score (nSPS) is 11.7. The summed E-state index contributed by atoms with van der Waals surface area (Å²) in [7, 11) is 0. The molecule has 0 atom stereocenters. The molecule has 0 aromatic heterocycles. The Balaban J connectivity index is 3.32. The summed E-state index contributed by atoms with van der Waals surface area (Å²) < 4.78 is 27.1. The number of carbonyl (C=O) groups is 1. The molecule has 0 spiro atoms. The van der Waals surface area contributed by atoms with Crippen LogP contribution in [-0.4, -0.2) is 5.78 Å². The largest absolute Gasteiger partial charge is 0.295 e. The van der Waals surface area contributed by atoms with Crippen molar-refractivity contribution in [2.24, 2.45) is 0 Å². The van der Waals surface area contributed by atoms with Crippen LogP contribution in [0.2, 0.25) is 0 Å². The van der Waals surface area contributed by atoms with E-state index in [0.29, 0.717) is 4.47 Å². The zero-order valence-corrected chi connectivity index (χ0v) is 9.86. The Morgan fingerprint density at radius 3 is 2.13 bits per heavy atom. The summed E-state index contributed by atoms with van der Waals surface area (Å²) in [5.41, 5.74) is 0.124. The van der Waals surface area contributed by atoms with E-state index in [2.05, 4.69) is 15.9 Å². The van der Waals surface area contributed by atoms with Crippen molar-refractivity contribution >= 4 is 27.3 Å². The highest BCUT2D eigenvalue weighted by Gasteiger charge is 2.12. The summed E-state index contributed by atoms with van der Waals surface area (Å²) in [4.78, 5) is 10.8. The van der Waals surface area contributed by atoms with E-state index in [9.17, 15) is 13.6 Å². The lowest BCUT2D eigenvalue weighted by Gasteiger charge is -2.05. The van der Waals surface area contributed by atoms with E-state index in [4.69, 9.17) is 0 Å². The summed E-state index contributed by atoms with van der Waals surface area (Å²) in [6, 6.07) is 2.33. The first-order valence-corrected chi connectivity index (χ1v) is 5.05. The molecule has 0 aliphatic rings. The Hall–Kier alpha value is -1.03. The molecule has 1 aromatic carbocycles. The number of ketones is 1. The maximum Gasteiger partial charge on any atom is 0.152 e. The quantitative estimate of drug-likeness (QED) is 0.752. The maximum atomic E-state index is 13.4. The molecule has 1 aromatic rings. The number of allylic oxidation sites excluding steroid dienone is 2. The molecule has 0 bridgehead atoms. The molecule has 1 nitrogen and oxygen atoms in total. The van der Waals surface area contributed by atoms with Gasteiger partial charge in [0.2, 0.25) is 0 Å².